The normalized spacial score (nSPS) is 15.8. The third-order valence-corrected chi connectivity index (χ3v) is 3.96. The first-order valence-corrected chi connectivity index (χ1v) is 9.27. The van der Waals surface area contributed by atoms with Crippen molar-refractivity contribution in [1.29, 1.82) is 0 Å². The molecule has 0 bridgehead atoms. The maximum absolute atomic E-state index is 12.1. The van der Waals surface area contributed by atoms with Gasteiger partial charge in [0.05, 0.1) is 2.74 Å². The Kier molecular flexibility index (Phi) is 12.8. The summed E-state index contributed by atoms with van der Waals surface area (Å²) in [6.07, 6.45) is -1.23. The first-order chi connectivity index (χ1) is 13.7. The maximum Gasteiger partial charge on any atom is 0.302 e. The Labute approximate surface area is 202 Å². The van der Waals surface area contributed by atoms with Crippen molar-refractivity contribution in [1.82, 2.24) is 9.55 Å². The van der Waals surface area contributed by atoms with Crippen molar-refractivity contribution in [2.24, 2.45) is 0 Å². The molecule has 1 aromatic rings. The summed E-state index contributed by atoms with van der Waals surface area (Å²) in [5, 5.41) is 0. The van der Waals surface area contributed by atoms with Crippen molar-refractivity contribution in [2.45, 2.75) is 19.4 Å². The molecule has 0 amide bonds. The zero-order valence-corrected chi connectivity index (χ0v) is 21.1. The Hall–Kier alpha value is -0.648. The quantitative estimate of drug-likeness (QED) is 0.113. The molecule has 153 valence electrons. The van der Waals surface area contributed by atoms with Crippen molar-refractivity contribution in [3.63, 3.8) is 0 Å². The van der Waals surface area contributed by atoms with Gasteiger partial charge in [0, 0.05) is 70.9 Å². The van der Waals surface area contributed by atoms with E-state index < -0.39 is 39.6 Å². The van der Waals surface area contributed by atoms with Gasteiger partial charge in [0.2, 0.25) is 12.2 Å². The van der Waals surface area contributed by atoms with Crippen LogP contribution in [0.15, 0.2) is 17.1 Å². The van der Waals surface area contributed by atoms with Crippen LogP contribution < -0.4 is 5.69 Å². The molecule has 0 aliphatic rings. The van der Waals surface area contributed by atoms with E-state index in [1.165, 1.54) is 19.2 Å². The van der Waals surface area contributed by atoms with Crippen LogP contribution in [0.1, 0.15) is 15.9 Å². The molecular weight excluding hydrogens is 606 g/mol. The van der Waals surface area contributed by atoms with Crippen molar-refractivity contribution < 1.29 is 74.9 Å². The second-order valence-electron chi connectivity index (χ2n) is 4.91. The summed E-state index contributed by atoms with van der Waals surface area (Å²) in [6, 6.07) is 1.24. The fourth-order valence-corrected chi connectivity index (χ4v) is 2.45. The number of carbonyl (C=O) groups is 1. The van der Waals surface area contributed by atoms with Gasteiger partial charge in [-0.1, -0.05) is 5.82 Å². The smallest absolute Gasteiger partial charge is 0.302 e. The monoisotopic (exact) mass is 631 g/mol. The molecule has 1 radical (unpaired) electrons. The van der Waals surface area contributed by atoms with Gasteiger partial charge in [-0.3, -0.25) is 14.2 Å². The van der Waals surface area contributed by atoms with Gasteiger partial charge in [-0.2, -0.15) is 0 Å². The molecule has 13 heteroatoms. The average molecular weight is 631 g/mol. The standard InChI is InChI=1S/C15H23N4O7P.Ac/c1-11(20)23-9-13(19-7-5-12(16)18-15(19)21)26-14(22-3)10-25-27(4)24-8-6-17-2;/h5,7,13-14H,6,8-10H2,1,3-4H3,(H2,16,18,21);/p-1/i3TD;. The van der Waals surface area contributed by atoms with Crippen LogP contribution >= 0.6 is 8.38 Å². The molecule has 0 saturated carbocycles. The van der Waals surface area contributed by atoms with Gasteiger partial charge in [-0.05, 0) is 6.07 Å². The number of carbonyl (C=O) groups excluding carboxylic acids is 1. The molecule has 1 rings (SSSR count). The van der Waals surface area contributed by atoms with E-state index in [0.29, 0.717) is 0 Å². The van der Waals surface area contributed by atoms with E-state index in [4.69, 9.17) is 38.3 Å². The number of rotatable bonds is 12. The van der Waals surface area contributed by atoms with Crippen LogP contribution in [0.4, 0.5) is 5.82 Å². The Bertz CT molecular complexity index is 752. The Morgan fingerprint density at radius 2 is 2.32 bits per heavy atom. The summed E-state index contributed by atoms with van der Waals surface area (Å²) >= 11 is 0. The molecule has 0 aromatic carbocycles. The van der Waals surface area contributed by atoms with Gasteiger partial charge in [0.15, 0.2) is 20.9 Å². The van der Waals surface area contributed by atoms with Crippen molar-refractivity contribution in [3.8, 4) is 0 Å². The van der Waals surface area contributed by atoms with Crippen molar-refractivity contribution in [3.05, 3.63) is 39.9 Å². The average Bonchev–Trinajstić information content (AvgIpc) is 2.63. The van der Waals surface area contributed by atoms with E-state index in [1.807, 2.05) is 0 Å². The number of nitrogens with one attached hydrogen (secondary N) is 1. The minimum absolute atomic E-state index is 0. The van der Waals surface area contributed by atoms with Gasteiger partial charge < -0.3 is 38.8 Å². The van der Waals surface area contributed by atoms with Crippen molar-refractivity contribution >= 4 is 20.2 Å². The molecule has 0 saturated heterocycles. The van der Waals surface area contributed by atoms with Crippen LogP contribution in [0.5, 0.6) is 0 Å². The Balaban J connectivity index is 0.00000841. The maximum atomic E-state index is 12.1. The minimum atomic E-state index is -1.71. The summed E-state index contributed by atoms with van der Waals surface area (Å²) < 4.78 is 41.8. The second-order valence-corrected chi connectivity index (χ2v) is 6.31. The number of methoxy groups -OCH3 is 1. The van der Waals surface area contributed by atoms with Crippen LogP contribution in [0, 0.1) is 50.6 Å². The van der Waals surface area contributed by atoms with Crippen LogP contribution in [0.2, 0.25) is 0 Å². The second kappa shape index (κ2) is 15.2. The zero-order valence-electron chi connectivity index (χ0n) is 17.4. The Morgan fingerprint density at radius 1 is 1.57 bits per heavy atom. The topological polar surface area (TPSA) is 126 Å². The third-order valence-electron chi connectivity index (χ3n) is 2.90. The summed E-state index contributed by atoms with van der Waals surface area (Å²) in [5.41, 5.74) is 6.57. The molecular formula is C15H22AcN4O7P-. The summed E-state index contributed by atoms with van der Waals surface area (Å²) in [4.78, 5) is 29.9. The molecule has 1 aromatic heterocycles. The van der Waals surface area contributed by atoms with Crippen molar-refractivity contribution in [2.75, 3.05) is 40.1 Å². The molecule has 0 fully saturated rings. The number of hydrogen-bond acceptors (Lipinski definition) is 8. The molecule has 0 aliphatic heterocycles. The predicted octanol–water partition coefficient (Wildman–Crippen LogP) is 1.87. The number of aromatic nitrogens is 2. The molecule has 0 spiro atoms. The molecule has 4 atom stereocenters. The molecule has 4 unspecified atom stereocenters. The number of esters is 1. The third kappa shape index (κ3) is 10.8. The summed E-state index contributed by atoms with van der Waals surface area (Å²) in [7, 11) is -3.09. The van der Waals surface area contributed by atoms with Crippen LogP contribution in [0.3, 0.4) is 0 Å². The van der Waals surface area contributed by atoms with Crippen LogP contribution in [0.25, 0.3) is 10.6 Å². The van der Waals surface area contributed by atoms with Gasteiger partial charge >= 0.3 is 5.97 Å². The number of nitrogens with zero attached hydrogens (tertiary/aromatic N) is 3. The molecule has 0 aliphatic carbocycles. The summed E-state index contributed by atoms with van der Waals surface area (Å²) in [5.74, 6) is -0.867. The van der Waals surface area contributed by atoms with E-state index >= 15 is 0 Å². The van der Waals surface area contributed by atoms with Crippen LogP contribution in [-0.2, 0) is 28.1 Å². The van der Waals surface area contributed by atoms with E-state index in [1.54, 1.807) is 6.66 Å². The van der Waals surface area contributed by atoms with Gasteiger partial charge in [-0.25, -0.2) is 6.57 Å². The molecule has 1 N–H and O–H groups in total. The van der Waals surface area contributed by atoms with E-state index in [2.05, 4.69) is 9.83 Å². The predicted molar refractivity (Wildman–Crippen MR) is 96.2 cm³/mol. The molecule has 1 heterocycles. The van der Waals surface area contributed by atoms with Gasteiger partial charge in [0.1, 0.15) is 19.8 Å². The van der Waals surface area contributed by atoms with E-state index in [9.17, 15) is 9.59 Å². The van der Waals surface area contributed by atoms with Gasteiger partial charge in [0.25, 0.3) is 0 Å². The van der Waals surface area contributed by atoms with Gasteiger partial charge in [-0.15, -0.1) is 0 Å². The first kappa shape index (κ1) is 23.6. The largest absolute Gasteiger partial charge is 0.482 e. The van der Waals surface area contributed by atoms with E-state index in [-0.39, 0.29) is 76.2 Å². The molecule has 11 nitrogen and oxygen atoms in total. The fourth-order valence-electron chi connectivity index (χ4n) is 1.71. The van der Waals surface area contributed by atoms with Crippen LogP contribution in [-0.4, -0.2) is 61.9 Å². The van der Waals surface area contributed by atoms with E-state index in [0.717, 1.165) is 4.57 Å². The molecule has 28 heavy (non-hydrogen) atoms. The number of hydrogen-bond donors (Lipinski definition) is 0. The first-order valence-electron chi connectivity index (χ1n) is 8.80. The SMILES string of the molecule is [2H]C([3H])OC(COP(C)OCC[N+]#[C-])OC(COC(C)=O)n1ccc([NH-])nc1=O.[Ac]. The minimum Gasteiger partial charge on any atom is -0.482 e. The Morgan fingerprint density at radius 3 is 2.93 bits per heavy atom. The zero-order chi connectivity index (χ0) is 21.8. The number of ether oxygens (including phenoxy) is 3. The summed E-state index contributed by atoms with van der Waals surface area (Å²) in [6.45, 7) is 9.27. The fraction of sp³-hybridized carbons (Fsp3) is 0.600.